The maximum atomic E-state index is 12.3. The van der Waals surface area contributed by atoms with Crippen LogP contribution in [-0.4, -0.2) is 34.0 Å². The smallest absolute Gasteiger partial charge is 0.307 e. The highest BCUT2D eigenvalue weighted by atomic mass is 16.5. The normalized spacial score (nSPS) is 20.5. The van der Waals surface area contributed by atoms with Crippen LogP contribution >= 0.6 is 0 Å². The number of amides is 1. The Morgan fingerprint density at radius 1 is 1.29 bits per heavy atom. The highest BCUT2D eigenvalue weighted by Gasteiger charge is 2.26. The Bertz CT molecular complexity index is 908. The van der Waals surface area contributed by atoms with Gasteiger partial charge in [-0.25, -0.2) is 4.98 Å². The summed E-state index contributed by atoms with van der Waals surface area (Å²) in [5, 5.41) is 3.51. The number of aryl methyl sites for hydroxylation is 1. The number of carbonyl (C=O) groups excluding carboxylic acids is 2. The summed E-state index contributed by atoms with van der Waals surface area (Å²) >= 11 is 0. The summed E-state index contributed by atoms with van der Waals surface area (Å²) in [6.07, 6.45) is 3.82. The first kappa shape index (κ1) is 20.0. The molecule has 28 heavy (non-hydrogen) atoms. The van der Waals surface area contributed by atoms with Crippen molar-refractivity contribution in [2.24, 2.45) is 5.92 Å². The number of nitrogens with one attached hydrogen (secondary N) is 2. The van der Waals surface area contributed by atoms with Gasteiger partial charge in [-0.15, -0.1) is 0 Å². The molecule has 1 amide bonds. The first-order valence-electron chi connectivity index (χ1n) is 9.92. The van der Waals surface area contributed by atoms with Crippen molar-refractivity contribution in [1.82, 2.24) is 15.3 Å². The molecule has 2 N–H and O–H groups in total. The van der Waals surface area contributed by atoms with Crippen molar-refractivity contribution in [3.63, 3.8) is 0 Å². The standard InChI is InChI=1S/C21H27N3O4/c1-13-7-3-5-9-16(13)23-20(26)14(2)28-19(25)12-11-18-22-17-10-6-4-8-15(17)21(27)24-18/h4,6,8,10,13-14,16H,3,5,7,9,11-12H2,1-2H3,(H,23,26)(H,22,24,27)/t13-,14+,16+/m0/s1. The molecule has 2 aromatic rings. The van der Waals surface area contributed by atoms with Crippen LogP contribution in [0.5, 0.6) is 0 Å². The molecule has 3 atom stereocenters. The summed E-state index contributed by atoms with van der Waals surface area (Å²) in [6.45, 7) is 3.72. The third-order valence-electron chi connectivity index (χ3n) is 5.34. The molecular formula is C21H27N3O4. The quantitative estimate of drug-likeness (QED) is 0.744. The lowest BCUT2D eigenvalue weighted by Crippen LogP contribution is -2.46. The van der Waals surface area contributed by atoms with E-state index in [0.717, 1.165) is 19.3 Å². The van der Waals surface area contributed by atoms with Crippen molar-refractivity contribution in [3.8, 4) is 0 Å². The van der Waals surface area contributed by atoms with Gasteiger partial charge < -0.3 is 15.0 Å². The summed E-state index contributed by atoms with van der Waals surface area (Å²) in [4.78, 5) is 43.5. The number of esters is 1. The van der Waals surface area contributed by atoms with Gasteiger partial charge in [0.05, 0.1) is 17.3 Å². The second-order valence-corrected chi connectivity index (χ2v) is 7.54. The van der Waals surface area contributed by atoms with Crippen molar-refractivity contribution in [2.75, 3.05) is 0 Å². The second kappa shape index (κ2) is 8.99. The van der Waals surface area contributed by atoms with Gasteiger partial charge in [0.25, 0.3) is 11.5 Å². The number of carbonyl (C=O) groups is 2. The lowest BCUT2D eigenvalue weighted by atomic mass is 9.86. The van der Waals surface area contributed by atoms with Gasteiger partial charge >= 0.3 is 5.97 Å². The molecule has 0 spiro atoms. The molecule has 0 saturated heterocycles. The van der Waals surface area contributed by atoms with Gasteiger partial charge in [0, 0.05) is 12.5 Å². The fourth-order valence-electron chi connectivity index (χ4n) is 3.61. The topological polar surface area (TPSA) is 101 Å². The number of hydrogen-bond donors (Lipinski definition) is 2. The maximum Gasteiger partial charge on any atom is 0.307 e. The van der Waals surface area contributed by atoms with Gasteiger partial charge in [0.1, 0.15) is 5.82 Å². The van der Waals surface area contributed by atoms with Crippen LogP contribution in [0.2, 0.25) is 0 Å². The third kappa shape index (κ3) is 4.97. The molecule has 1 saturated carbocycles. The minimum atomic E-state index is -0.842. The van der Waals surface area contributed by atoms with E-state index in [1.54, 1.807) is 31.2 Å². The van der Waals surface area contributed by atoms with E-state index in [2.05, 4.69) is 22.2 Å². The van der Waals surface area contributed by atoms with E-state index in [9.17, 15) is 14.4 Å². The molecule has 7 nitrogen and oxygen atoms in total. The van der Waals surface area contributed by atoms with E-state index in [1.807, 2.05) is 0 Å². The van der Waals surface area contributed by atoms with Gasteiger partial charge in [-0.2, -0.15) is 0 Å². The number of fused-ring (bicyclic) bond motifs is 1. The van der Waals surface area contributed by atoms with E-state index < -0.39 is 12.1 Å². The third-order valence-corrected chi connectivity index (χ3v) is 5.34. The molecular weight excluding hydrogens is 358 g/mol. The molecule has 0 aliphatic heterocycles. The summed E-state index contributed by atoms with van der Waals surface area (Å²) < 4.78 is 5.26. The van der Waals surface area contributed by atoms with Crippen LogP contribution in [0.4, 0.5) is 0 Å². The van der Waals surface area contributed by atoms with Gasteiger partial charge in [-0.3, -0.25) is 14.4 Å². The molecule has 0 bridgehead atoms. The van der Waals surface area contributed by atoms with Crippen LogP contribution in [0.15, 0.2) is 29.1 Å². The van der Waals surface area contributed by atoms with Crippen LogP contribution in [0.3, 0.4) is 0 Å². The Kier molecular flexibility index (Phi) is 6.44. The Hall–Kier alpha value is -2.70. The molecule has 1 aliphatic carbocycles. The predicted octanol–water partition coefficient (Wildman–Crippen LogP) is 2.48. The first-order valence-corrected chi connectivity index (χ1v) is 9.92. The molecule has 3 rings (SSSR count). The Morgan fingerprint density at radius 3 is 2.82 bits per heavy atom. The first-order chi connectivity index (χ1) is 13.4. The van der Waals surface area contributed by atoms with E-state index in [1.165, 1.54) is 6.42 Å². The largest absolute Gasteiger partial charge is 0.453 e. The lowest BCUT2D eigenvalue weighted by Gasteiger charge is -2.30. The van der Waals surface area contributed by atoms with Gasteiger partial charge in [0.15, 0.2) is 6.10 Å². The number of hydrogen-bond acceptors (Lipinski definition) is 5. The lowest BCUT2D eigenvalue weighted by molar-refractivity contribution is -0.155. The molecule has 7 heteroatoms. The fourth-order valence-corrected chi connectivity index (χ4v) is 3.61. The summed E-state index contributed by atoms with van der Waals surface area (Å²) in [6, 6.07) is 7.18. The molecule has 1 aromatic heterocycles. The fraction of sp³-hybridized carbons (Fsp3) is 0.524. The summed E-state index contributed by atoms with van der Waals surface area (Å²) in [5.74, 6) is 0.115. The second-order valence-electron chi connectivity index (χ2n) is 7.54. The SMILES string of the molecule is C[C@@H](OC(=O)CCc1nc2ccccc2c(=O)[nH]1)C(=O)N[C@@H]1CCCC[C@@H]1C. The van der Waals surface area contributed by atoms with E-state index in [-0.39, 0.29) is 30.3 Å². The van der Waals surface area contributed by atoms with Crippen LogP contribution < -0.4 is 10.9 Å². The molecule has 0 radical (unpaired) electrons. The average Bonchev–Trinajstić information content (AvgIpc) is 2.68. The van der Waals surface area contributed by atoms with Crippen molar-refractivity contribution >= 4 is 22.8 Å². The zero-order chi connectivity index (χ0) is 20.1. The maximum absolute atomic E-state index is 12.3. The van der Waals surface area contributed by atoms with E-state index in [0.29, 0.717) is 22.6 Å². The minimum absolute atomic E-state index is 0.0404. The molecule has 1 fully saturated rings. The highest BCUT2D eigenvalue weighted by Crippen LogP contribution is 2.23. The molecule has 1 aliphatic rings. The van der Waals surface area contributed by atoms with E-state index >= 15 is 0 Å². The Labute approximate surface area is 163 Å². The van der Waals surface area contributed by atoms with Crippen molar-refractivity contribution in [1.29, 1.82) is 0 Å². The number of rotatable bonds is 6. The van der Waals surface area contributed by atoms with Crippen molar-refractivity contribution in [2.45, 2.75) is 64.5 Å². The Morgan fingerprint density at radius 2 is 2.04 bits per heavy atom. The number of nitrogens with zero attached hydrogens (tertiary/aromatic N) is 1. The molecule has 1 heterocycles. The van der Waals surface area contributed by atoms with Crippen LogP contribution in [0.25, 0.3) is 10.9 Å². The molecule has 150 valence electrons. The van der Waals surface area contributed by atoms with Crippen LogP contribution in [0.1, 0.15) is 51.8 Å². The number of benzene rings is 1. The van der Waals surface area contributed by atoms with Crippen molar-refractivity contribution < 1.29 is 14.3 Å². The van der Waals surface area contributed by atoms with Gasteiger partial charge in [-0.05, 0) is 37.8 Å². The van der Waals surface area contributed by atoms with Crippen molar-refractivity contribution in [3.05, 3.63) is 40.4 Å². The number of aromatic nitrogens is 2. The highest BCUT2D eigenvalue weighted by molar-refractivity contribution is 5.83. The zero-order valence-electron chi connectivity index (χ0n) is 16.4. The minimum Gasteiger partial charge on any atom is -0.453 e. The Balaban J connectivity index is 1.51. The summed E-state index contributed by atoms with van der Waals surface area (Å²) in [5.41, 5.74) is 0.354. The zero-order valence-corrected chi connectivity index (χ0v) is 16.4. The predicted molar refractivity (Wildman–Crippen MR) is 106 cm³/mol. The van der Waals surface area contributed by atoms with Gasteiger partial charge in [0.2, 0.25) is 0 Å². The molecule has 1 aromatic carbocycles. The number of H-pyrrole nitrogens is 1. The number of aromatic amines is 1. The summed E-state index contributed by atoms with van der Waals surface area (Å²) in [7, 11) is 0. The average molecular weight is 385 g/mol. The number of ether oxygens (including phenoxy) is 1. The van der Waals surface area contributed by atoms with Gasteiger partial charge in [-0.1, -0.05) is 31.9 Å². The molecule has 0 unspecified atom stereocenters. The van der Waals surface area contributed by atoms with Crippen LogP contribution in [0, 0.1) is 5.92 Å². The monoisotopic (exact) mass is 385 g/mol. The van der Waals surface area contributed by atoms with Crippen LogP contribution in [-0.2, 0) is 20.7 Å². The number of para-hydroxylation sites is 1. The van der Waals surface area contributed by atoms with E-state index in [4.69, 9.17) is 4.74 Å².